The van der Waals surface area contributed by atoms with E-state index in [0.717, 1.165) is 6.07 Å². The predicted molar refractivity (Wildman–Crippen MR) is 54.2 cm³/mol. The van der Waals surface area contributed by atoms with Crippen LogP contribution in [0, 0.1) is 0 Å². The number of fused-ring (bicyclic) bond motifs is 1. The Hall–Kier alpha value is -1.85. The van der Waals surface area contributed by atoms with Crippen LogP contribution in [0.4, 0.5) is 0 Å². The van der Waals surface area contributed by atoms with Gasteiger partial charge < -0.3 is 9.84 Å². The fourth-order valence-electron chi connectivity index (χ4n) is 1.89. The lowest BCUT2D eigenvalue weighted by atomic mass is 10.2. The zero-order chi connectivity index (χ0) is 11.7. The highest BCUT2D eigenvalue weighted by molar-refractivity contribution is 5.74. The lowest BCUT2D eigenvalue weighted by Gasteiger charge is -2.12. The van der Waals surface area contributed by atoms with E-state index in [1.165, 1.54) is 4.57 Å². The molecule has 1 atom stereocenters. The Bertz CT molecular complexity index is 480. The van der Waals surface area contributed by atoms with E-state index < -0.39 is 17.6 Å². The molecule has 0 aromatic carbocycles. The monoisotopic (exact) mass is 224 g/mol. The van der Waals surface area contributed by atoms with Crippen molar-refractivity contribution in [1.29, 1.82) is 0 Å². The number of esters is 1. The van der Waals surface area contributed by atoms with Crippen LogP contribution in [-0.2, 0) is 16.0 Å². The highest BCUT2D eigenvalue weighted by Gasteiger charge is 2.31. The quantitative estimate of drug-likeness (QED) is 0.715. The lowest BCUT2D eigenvalue weighted by Crippen LogP contribution is -2.28. The molecule has 0 saturated carbocycles. The van der Waals surface area contributed by atoms with Gasteiger partial charge in [0.2, 0.25) is 5.88 Å². The van der Waals surface area contributed by atoms with Crippen LogP contribution in [-0.4, -0.2) is 27.2 Å². The van der Waals surface area contributed by atoms with Crippen molar-refractivity contribution in [2.75, 3.05) is 6.61 Å². The number of aromatic nitrogens is 2. The molecular formula is C10H12N2O4. The molecule has 1 aliphatic rings. The molecule has 1 aromatic rings. The van der Waals surface area contributed by atoms with Crippen LogP contribution in [0.3, 0.4) is 0 Å². The summed E-state index contributed by atoms with van der Waals surface area (Å²) in [5.74, 6) is -0.292. The third-order valence-corrected chi connectivity index (χ3v) is 2.52. The minimum atomic E-state index is -0.601. The molecule has 1 aliphatic heterocycles. The summed E-state index contributed by atoms with van der Waals surface area (Å²) in [5.41, 5.74) is -0.418. The van der Waals surface area contributed by atoms with Gasteiger partial charge in [0.25, 0.3) is 5.56 Å². The summed E-state index contributed by atoms with van der Waals surface area (Å²) in [6.45, 7) is 2.00. The van der Waals surface area contributed by atoms with Crippen LogP contribution in [0.5, 0.6) is 5.88 Å². The molecule has 2 heterocycles. The van der Waals surface area contributed by atoms with E-state index in [9.17, 15) is 9.59 Å². The number of aryl methyl sites for hydroxylation is 1. The van der Waals surface area contributed by atoms with E-state index in [-0.39, 0.29) is 12.5 Å². The van der Waals surface area contributed by atoms with Gasteiger partial charge in [-0.25, -0.2) is 9.78 Å². The number of hydrogen-bond donors (Lipinski definition) is 1. The topological polar surface area (TPSA) is 81.4 Å². The molecule has 0 aliphatic carbocycles. The normalized spacial score (nSPS) is 18.2. The molecule has 0 saturated heterocycles. The van der Waals surface area contributed by atoms with Crippen LogP contribution in [0.15, 0.2) is 10.9 Å². The predicted octanol–water partition coefficient (Wildman–Crippen LogP) is -0.000700. The molecule has 0 unspecified atom stereocenters. The highest BCUT2D eigenvalue weighted by Crippen LogP contribution is 2.24. The summed E-state index contributed by atoms with van der Waals surface area (Å²) < 4.78 is 6.17. The second-order valence-electron chi connectivity index (χ2n) is 3.55. The van der Waals surface area contributed by atoms with E-state index in [0.29, 0.717) is 18.7 Å². The molecule has 0 amide bonds. The van der Waals surface area contributed by atoms with Crippen LogP contribution < -0.4 is 5.56 Å². The third kappa shape index (κ3) is 1.66. The van der Waals surface area contributed by atoms with Gasteiger partial charge in [-0.15, -0.1) is 0 Å². The van der Waals surface area contributed by atoms with E-state index in [1.54, 1.807) is 6.92 Å². The number of hydrogen-bond acceptors (Lipinski definition) is 5. The second-order valence-corrected chi connectivity index (χ2v) is 3.55. The number of aromatic hydroxyl groups is 1. The summed E-state index contributed by atoms with van der Waals surface area (Å²) in [5, 5.41) is 9.16. The Morgan fingerprint density at radius 3 is 3.19 bits per heavy atom. The maximum absolute atomic E-state index is 11.6. The minimum absolute atomic E-state index is 0.283. The molecule has 2 rings (SSSR count). The Kier molecular flexibility index (Phi) is 2.64. The molecule has 1 aromatic heterocycles. The molecule has 6 heteroatoms. The Balaban J connectivity index is 2.40. The molecule has 86 valence electrons. The zero-order valence-electron chi connectivity index (χ0n) is 8.84. The Labute approximate surface area is 91.5 Å². The van der Waals surface area contributed by atoms with Crippen LogP contribution in [0.1, 0.15) is 25.2 Å². The van der Waals surface area contributed by atoms with Crippen molar-refractivity contribution in [3.63, 3.8) is 0 Å². The fraction of sp³-hybridized carbons (Fsp3) is 0.500. The maximum Gasteiger partial charge on any atom is 0.329 e. The molecule has 0 bridgehead atoms. The molecule has 0 radical (unpaired) electrons. The second kappa shape index (κ2) is 3.96. The number of carbonyl (C=O) groups excluding carboxylic acids is 1. The van der Waals surface area contributed by atoms with Crippen molar-refractivity contribution in [3.05, 3.63) is 22.2 Å². The zero-order valence-corrected chi connectivity index (χ0v) is 8.84. The molecular weight excluding hydrogens is 212 g/mol. The van der Waals surface area contributed by atoms with Crippen molar-refractivity contribution in [2.45, 2.75) is 25.8 Å². The van der Waals surface area contributed by atoms with Gasteiger partial charge in [0, 0.05) is 6.42 Å². The van der Waals surface area contributed by atoms with E-state index >= 15 is 0 Å². The third-order valence-electron chi connectivity index (χ3n) is 2.52. The summed E-state index contributed by atoms with van der Waals surface area (Å²) in [7, 11) is 0. The molecule has 6 nitrogen and oxygen atoms in total. The lowest BCUT2D eigenvalue weighted by molar-refractivity contribution is -0.147. The number of carbonyl (C=O) groups is 1. The molecule has 0 spiro atoms. The number of ether oxygens (including phenoxy) is 1. The molecule has 0 fully saturated rings. The van der Waals surface area contributed by atoms with Crippen LogP contribution >= 0.6 is 0 Å². The molecule has 1 N–H and O–H groups in total. The van der Waals surface area contributed by atoms with Gasteiger partial charge in [-0.3, -0.25) is 9.36 Å². The van der Waals surface area contributed by atoms with Crippen molar-refractivity contribution >= 4 is 5.97 Å². The summed E-state index contributed by atoms with van der Waals surface area (Å²) in [4.78, 5) is 27.0. The Morgan fingerprint density at radius 2 is 2.50 bits per heavy atom. The first-order valence-corrected chi connectivity index (χ1v) is 5.11. The highest BCUT2D eigenvalue weighted by atomic mass is 16.5. The van der Waals surface area contributed by atoms with Gasteiger partial charge in [0.1, 0.15) is 11.9 Å². The van der Waals surface area contributed by atoms with Gasteiger partial charge in [-0.1, -0.05) is 0 Å². The first-order valence-electron chi connectivity index (χ1n) is 5.11. The average Bonchev–Trinajstić information content (AvgIpc) is 2.61. The van der Waals surface area contributed by atoms with Gasteiger partial charge in [0.15, 0.2) is 0 Å². The van der Waals surface area contributed by atoms with Crippen molar-refractivity contribution < 1.29 is 14.6 Å². The summed E-state index contributed by atoms with van der Waals surface area (Å²) in [6.07, 6.45) is 0.984. The standard InChI is InChI=1S/C10H12N2O4/c1-2-16-10(15)6-3-4-7-11-8(13)5-9(14)12(6)7/h5-6,13H,2-4H2,1H3/t6-/m0/s1. The van der Waals surface area contributed by atoms with Gasteiger partial charge in [0.05, 0.1) is 12.7 Å². The largest absolute Gasteiger partial charge is 0.493 e. The van der Waals surface area contributed by atoms with Crippen molar-refractivity contribution in [3.8, 4) is 5.88 Å². The fourth-order valence-corrected chi connectivity index (χ4v) is 1.89. The number of nitrogens with zero attached hydrogens (tertiary/aromatic N) is 2. The van der Waals surface area contributed by atoms with E-state index in [2.05, 4.69) is 4.98 Å². The van der Waals surface area contributed by atoms with Gasteiger partial charge in [-0.2, -0.15) is 0 Å². The minimum Gasteiger partial charge on any atom is -0.493 e. The van der Waals surface area contributed by atoms with Crippen molar-refractivity contribution in [2.24, 2.45) is 0 Å². The smallest absolute Gasteiger partial charge is 0.329 e. The van der Waals surface area contributed by atoms with E-state index in [4.69, 9.17) is 9.84 Å². The van der Waals surface area contributed by atoms with Gasteiger partial charge in [-0.05, 0) is 13.3 Å². The first kappa shape index (κ1) is 10.7. The summed E-state index contributed by atoms with van der Waals surface area (Å²) in [6, 6.07) is 0.400. The first-order chi connectivity index (χ1) is 7.63. The number of rotatable bonds is 2. The van der Waals surface area contributed by atoms with E-state index in [1.807, 2.05) is 0 Å². The SMILES string of the molecule is CCOC(=O)[C@@H]1CCc2nc(O)cc(=O)n21. The Morgan fingerprint density at radius 1 is 1.75 bits per heavy atom. The van der Waals surface area contributed by atoms with Crippen LogP contribution in [0.25, 0.3) is 0 Å². The van der Waals surface area contributed by atoms with Crippen molar-refractivity contribution in [1.82, 2.24) is 9.55 Å². The van der Waals surface area contributed by atoms with Crippen LogP contribution in [0.2, 0.25) is 0 Å². The maximum atomic E-state index is 11.6. The summed E-state index contributed by atoms with van der Waals surface area (Å²) >= 11 is 0. The molecule has 16 heavy (non-hydrogen) atoms. The average molecular weight is 224 g/mol. The van der Waals surface area contributed by atoms with Gasteiger partial charge >= 0.3 is 5.97 Å².